The summed E-state index contributed by atoms with van der Waals surface area (Å²) in [5.74, 6) is 0. The van der Waals surface area contributed by atoms with E-state index in [2.05, 4.69) is 7.81 Å². The summed E-state index contributed by atoms with van der Waals surface area (Å²) in [4.78, 5) is 0. The van der Waals surface area contributed by atoms with Crippen LogP contribution in [-0.2, 0) is 25.0 Å². The van der Waals surface area contributed by atoms with E-state index in [0.717, 1.165) is 0 Å². The number of rotatable bonds is 6. The van der Waals surface area contributed by atoms with Crippen molar-refractivity contribution < 1.29 is 17.7 Å². The molecule has 0 bridgehead atoms. The molecule has 0 saturated heterocycles. The Balaban J connectivity index is 0.00000144. The van der Waals surface area contributed by atoms with Crippen molar-refractivity contribution in [3.05, 3.63) is 0 Å². The smallest absolute Gasteiger partial charge is 0 e. The number of aliphatic hydroxyl groups is 1. The number of sulfone groups is 1. The van der Waals surface area contributed by atoms with Gasteiger partial charge < -0.3 is 0 Å². The van der Waals surface area contributed by atoms with Crippen LogP contribution in [0.4, 0.5) is 0 Å². The van der Waals surface area contributed by atoms with Crippen molar-refractivity contribution in [2.45, 2.75) is 41.6 Å². The molecule has 2 aliphatic rings. The van der Waals surface area contributed by atoms with E-state index in [1.54, 1.807) is 0 Å². The Kier molecular flexibility index (Phi) is 5.78. The summed E-state index contributed by atoms with van der Waals surface area (Å²) in [6.45, 7) is 0.189. The van der Waals surface area contributed by atoms with E-state index in [9.17, 15) is 13.5 Å². The summed E-state index contributed by atoms with van der Waals surface area (Å²) >= 11 is 0.534. The average Bonchev–Trinajstić information content (AvgIpc) is 3.14. The molecule has 0 heterocycles. The van der Waals surface area contributed by atoms with Crippen LogP contribution < -0.4 is 0 Å². The molecule has 2 rings (SSSR count). The number of hydrogen-bond donors (Lipinski definition) is 1. The summed E-state index contributed by atoms with van der Waals surface area (Å²) in [6.07, 6.45) is 3.18. The maximum absolute atomic E-state index is 12.4. The van der Waals surface area contributed by atoms with Gasteiger partial charge in [0.05, 0.1) is 0 Å². The Bertz CT molecular complexity index is 423. The minimum absolute atomic E-state index is 0. The molecule has 8 heteroatoms. The Morgan fingerprint density at radius 3 is 2.12 bits per heavy atom. The average molecular weight is 488 g/mol. The van der Waals surface area contributed by atoms with E-state index in [1.165, 1.54) is 0 Å². The van der Waals surface area contributed by atoms with Crippen molar-refractivity contribution in [2.24, 2.45) is 0 Å². The second-order valence-corrected chi connectivity index (χ2v) is 8.34. The Morgan fingerprint density at radius 2 is 1.76 bits per heavy atom. The topological polar surface area (TPSA) is 63.6 Å². The maximum Gasteiger partial charge on any atom is 0 e. The molecule has 2 saturated carbocycles. The zero-order valence-electron chi connectivity index (χ0n) is 9.50. The third kappa shape index (κ3) is 2.86. The van der Waals surface area contributed by atoms with Gasteiger partial charge in [-0.2, -0.15) is 0 Å². The van der Waals surface area contributed by atoms with E-state index in [4.69, 9.17) is 4.18 Å². The van der Waals surface area contributed by atoms with Crippen molar-refractivity contribution in [2.75, 3.05) is 13.2 Å². The molecule has 0 aromatic carbocycles. The number of aliphatic hydroxyl groups excluding tert-OH is 1. The van der Waals surface area contributed by atoms with Crippen LogP contribution in [0.3, 0.4) is 0 Å². The zero-order chi connectivity index (χ0) is 11.9. The Morgan fingerprint density at radius 1 is 1.24 bits per heavy atom. The van der Waals surface area contributed by atoms with E-state index in [-0.39, 0.29) is 33.9 Å². The van der Waals surface area contributed by atoms with Gasteiger partial charge in [0.1, 0.15) is 0 Å². The standard InChI is InChI=1S/C9H16O4PS2.Tl/c10-7-9(3-4-9)16(11,12)8(1-2-8)5-6-13-15-14;/h10,15H,1-7H2;/q-1;. The summed E-state index contributed by atoms with van der Waals surface area (Å²) in [5.41, 5.74) is 0. The fourth-order valence-corrected chi connectivity index (χ4v) is 5.31. The van der Waals surface area contributed by atoms with Crippen LogP contribution in [0.25, 0.3) is 0 Å². The molecule has 0 amide bonds. The molecule has 17 heavy (non-hydrogen) atoms. The molecule has 0 aromatic heterocycles. The SMILES string of the molecule is O=S(=O)(C1(CO)CC1)C1(CCO[SH-]#P)CC1.[Tl]. The molecule has 2 aliphatic carbocycles. The third-order valence-electron chi connectivity index (χ3n) is 3.75. The first-order chi connectivity index (χ1) is 7.54. The summed E-state index contributed by atoms with van der Waals surface area (Å²) in [6, 6.07) is 0. The first-order valence-corrected chi connectivity index (χ1v) is 8.80. The van der Waals surface area contributed by atoms with Crippen LogP contribution in [0.1, 0.15) is 32.1 Å². The van der Waals surface area contributed by atoms with Crippen LogP contribution >= 0.6 is 7.81 Å². The zero-order valence-corrected chi connectivity index (χ0v) is 16.6. The van der Waals surface area contributed by atoms with Crippen LogP contribution in [0.2, 0.25) is 0 Å². The van der Waals surface area contributed by atoms with Crippen LogP contribution in [0, 0.1) is 0 Å². The fourth-order valence-electron chi connectivity index (χ4n) is 2.18. The molecule has 0 aromatic rings. The molecule has 1 radical (unpaired) electrons. The van der Waals surface area contributed by atoms with Crippen LogP contribution in [0.15, 0.2) is 0 Å². The molecule has 2 fully saturated rings. The van der Waals surface area contributed by atoms with Gasteiger partial charge in [0.25, 0.3) is 0 Å². The van der Waals surface area contributed by atoms with E-state index in [1.807, 2.05) is 0 Å². The predicted octanol–water partition coefficient (Wildman–Crippen LogP) is 0.540. The molecule has 0 atom stereocenters. The van der Waals surface area contributed by atoms with Crippen LogP contribution in [0.5, 0.6) is 0 Å². The quantitative estimate of drug-likeness (QED) is 0.195. The van der Waals surface area contributed by atoms with E-state index >= 15 is 0 Å². The molecule has 4 nitrogen and oxygen atoms in total. The minimum atomic E-state index is -3.20. The first kappa shape index (κ1) is 16.6. The van der Waals surface area contributed by atoms with Crippen LogP contribution in [-0.4, -0.2) is 63.5 Å². The molecule has 0 spiro atoms. The van der Waals surface area contributed by atoms with Gasteiger partial charge in [0.2, 0.25) is 0 Å². The fraction of sp³-hybridized carbons (Fsp3) is 1.00. The van der Waals surface area contributed by atoms with Gasteiger partial charge in [-0.15, -0.1) is 0 Å². The summed E-state index contributed by atoms with van der Waals surface area (Å²) in [7, 11) is 0.687. The summed E-state index contributed by atoms with van der Waals surface area (Å²) in [5, 5.41) is 9.23. The van der Waals surface area contributed by atoms with Crippen molar-refractivity contribution in [1.29, 1.82) is 0 Å². The van der Waals surface area contributed by atoms with Crippen molar-refractivity contribution >= 4 is 56.0 Å². The minimum Gasteiger partial charge on any atom is 0 e. The van der Waals surface area contributed by atoms with Gasteiger partial charge in [0.15, 0.2) is 0 Å². The van der Waals surface area contributed by atoms with Gasteiger partial charge in [-0.25, -0.2) is 0 Å². The van der Waals surface area contributed by atoms with Gasteiger partial charge in [-0.1, -0.05) is 0 Å². The van der Waals surface area contributed by atoms with Gasteiger partial charge in [-0.05, 0) is 0 Å². The Hall–Kier alpha value is 1.57. The van der Waals surface area contributed by atoms with E-state index in [0.29, 0.717) is 49.7 Å². The molecule has 97 valence electrons. The van der Waals surface area contributed by atoms with Crippen molar-refractivity contribution in [1.82, 2.24) is 0 Å². The normalized spacial score (nSPS) is 23.8. The Labute approximate surface area is 128 Å². The molecule has 0 unspecified atom stereocenters. The van der Waals surface area contributed by atoms with Gasteiger partial charge in [-0.3, -0.25) is 0 Å². The third-order valence-corrected chi connectivity index (χ3v) is 7.82. The molecular weight excluding hydrogens is 472 g/mol. The summed E-state index contributed by atoms with van der Waals surface area (Å²) < 4.78 is 28.4. The second kappa shape index (κ2) is 5.91. The molecular formula is C9H16O4PS2Tl-. The van der Waals surface area contributed by atoms with Crippen molar-refractivity contribution in [3.63, 3.8) is 0 Å². The van der Waals surface area contributed by atoms with Gasteiger partial charge in [0, 0.05) is 27.3 Å². The van der Waals surface area contributed by atoms with Gasteiger partial charge >= 0.3 is 101 Å². The van der Waals surface area contributed by atoms with Crippen molar-refractivity contribution in [3.8, 4) is 0 Å². The number of thiol groups is 1. The second-order valence-electron chi connectivity index (χ2n) is 4.69. The first-order valence-electron chi connectivity index (χ1n) is 5.35. The molecule has 0 aliphatic heterocycles. The molecule has 1 N–H and O–H groups in total. The largest absolute Gasteiger partial charge is 0 e. The number of hydrogen-bond acceptors (Lipinski definition) is 5. The predicted molar refractivity (Wildman–Crippen MR) is 71.9 cm³/mol. The van der Waals surface area contributed by atoms with E-state index < -0.39 is 19.3 Å². The maximum atomic E-state index is 12.4. The monoisotopic (exact) mass is 488 g/mol.